The number of nitrogens with zero attached hydrogens (tertiary/aromatic N) is 1. The van der Waals surface area contributed by atoms with Crippen LogP contribution in [0.25, 0.3) is 0 Å². The third-order valence-corrected chi connectivity index (χ3v) is 4.03. The Balaban J connectivity index is 1.84. The Morgan fingerprint density at radius 1 is 1.06 bits per heavy atom. The highest BCUT2D eigenvalue weighted by atomic mass is 16.3. The molecule has 0 radical (unpaired) electrons. The minimum Gasteiger partial charge on any atom is -0.392 e. The van der Waals surface area contributed by atoms with Gasteiger partial charge in [-0.05, 0) is 37.5 Å². The van der Waals surface area contributed by atoms with E-state index in [-0.39, 0.29) is 6.10 Å². The first-order chi connectivity index (χ1) is 7.66. The summed E-state index contributed by atoms with van der Waals surface area (Å²) < 4.78 is 0. The molecule has 2 heteroatoms. The molecule has 0 aromatic carbocycles. The van der Waals surface area contributed by atoms with Crippen molar-refractivity contribution in [1.82, 2.24) is 4.90 Å². The molecule has 2 fully saturated rings. The molecule has 0 aliphatic heterocycles. The van der Waals surface area contributed by atoms with Crippen molar-refractivity contribution in [3.05, 3.63) is 0 Å². The van der Waals surface area contributed by atoms with E-state index >= 15 is 0 Å². The van der Waals surface area contributed by atoms with E-state index in [1.165, 1.54) is 38.5 Å². The quantitative estimate of drug-likeness (QED) is 0.751. The molecule has 2 saturated carbocycles. The van der Waals surface area contributed by atoms with E-state index in [4.69, 9.17) is 0 Å². The maximum atomic E-state index is 10.1. The number of aliphatic hydroxyl groups is 1. The molecule has 0 saturated heterocycles. The van der Waals surface area contributed by atoms with Crippen molar-refractivity contribution in [2.75, 3.05) is 13.1 Å². The fourth-order valence-electron chi connectivity index (χ4n) is 2.98. The molecule has 2 aliphatic carbocycles. The largest absolute Gasteiger partial charge is 0.392 e. The first-order valence-corrected chi connectivity index (χ1v) is 7.09. The van der Waals surface area contributed by atoms with Crippen LogP contribution < -0.4 is 0 Å². The zero-order chi connectivity index (χ0) is 11.5. The SMILES string of the molecule is CC(C)CN(CC(O)C1CC1)C1CCCC1. The Morgan fingerprint density at radius 2 is 1.69 bits per heavy atom. The van der Waals surface area contributed by atoms with Crippen LogP contribution in [-0.2, 0) is 0 Å². The summed E-state index contributed by atoms with van der Waals surface area (Å²) >= 11 is 0. The summed E-state index contributed by atoms with van der Waals surface area (Å²) in [6.07, 6.45) is 7.92. The van der Waals surface area contributed by atoms with Gasteiger partial charge < -0.3 is 5.11 Å². The molecular formula is C14H27NO. The van der Waals surface area contributed by atoms with Gasteiger partial charge in [0.15, 0.2) is 0 Å². The van der Waals surface area contributed by atoms with Crippen molar-refractivity contribution in [2.45, 2.75) is 64.5 Å². The number of hydrogen-bond donors (Lipinski definition) is 1. The van der Waals surface area contributed by atoms with E-state index in [1.807, 2.05) is 0 Å². The van der Waals surface area contributed by atoms with Crippen LogP contribution in [0.2, 0.25) is 0 Å². The van der Waals surface area contributed by atoms with Gasteiger partial charge in [-0.25, -0.2) is 0 Å². The maximum absolute atomic E-state index is 10.1. The van der Waals surface area contributed by atoms with Crippen LogP contribution in [0.3, 0.4) is 0 Å². The van der Waals surface area contributed by atoms with Gasteiger partial charge in [-0.1, -0.05) is 26.7 Å². The number of aliphatic hydroxyl groups excluding tert-OH is 1. The Bertz CT molecular complexity index is 207. The average molecular weight is 225 g/mol. The van der Waals surface area contributed by atoms with Crippen LogP contribution in [0, 0.1) is 11.8 Å². The fraction of sp³-hybridized carbons (Fsp3) is 1.00. The minimum atomic E-state index is -0.0562. The van der Waals surface area contributed by atoms with Gasteiger partial charge in [0.05, 0.1) is 6.10 Å². The second-order valence-electron chi connectivity index (χ2n) is 6.19. The first-order valence-electron chi connectivity index (χ1n) is 7.09. The van der Waals surface area contributed by atoms with Crippen molar-refractivity contribution in [3.8, 4) is 0 Å². The van der Waals surface area contributed by atoms with Crippen LogP contribution >= 0.6 is 0 Å². The predicted octanol–water partition coefficient (Wildman–Crippen LogP) is 2.66. The summed E-state index contributed by atoms with van der Waals surface area (Å²) in [5, 5.41) is 10.1. The lowest BCUT2D eigenvalue weighted by atomic mass is 10.1. The molecule has 0 aromatic heterocycles. The van der Waals surface area contributed by atoms with Gasteiger partial charge in [0, 0.05) is 19.1 Å². The van der Waals surface area contributed by atoms with Crippen LogP contribution in [0.1, 0.15) is 52.4 Å². The Kier molecular flexibility index (Phi) is 4.26. The summed E-state index contributed by atoms with van der Waals surface area (Å²) in [6, 6.07) is 0.760. The van der Waals surface area contributed by atoms with Gasteiger partial charge in [0.25, 0.3) is 0 Å². The molecule has 0 aromatic rings. The van der Waals surface area contributed by atoms with E-state index in [0.717, 1.165) is 19.1 Å². The standard InChI is InChI=1S/C14H27NO/c1-11(2)9-15(13-5-3-4-6-13)10-14(16)12-7-8-12/h11-14,16H,3-10H2,1-2H3. The molecule has 2 nitrogen and oxygen atoms in total. The van der Waals surface area contributed by atoms with Gasteiger partial charge in [-0.2, -0.15) is 0 Å². The molecule has 0 heterocycles. The Morgan fingerprint density at radius 3 is 2.19 bits per heavy atom. The minimum absolute atomic E-state index is 0.0562. The summed E-state index contributed by atoms with van der Waals surface area (Å²) in [5.41, 5.74) is 0. The molecule has 16 heavy (non-hydrogen) atoms. The van der Waals surface area contributed by atoms with Gasteiger partial charge in [-0.3, -0.25) is 4.90 Å². The number of rotatable bonds is 6. The summed E-state index contributed by atoms with van der Waals surface area (Å²) in [4.78, 5) is 2.57. The average Bonchev–Trinajstić information content (AvgIpc) is 2.92. The molecule has 1 unspecified atom stereocenters. The van der Waals surface area contributed by atoms with Crippen LogP contribution in [-0.4, -0.2) is 35.2 Å². The van der Waals surface area contributed by atoms with E-state index in [2.05, 4.69) is 18.7 Å². The molecule has 1 N–H and O–H groups in total. The zero-order valence-electron chi connectivity index (χ0n) is 10.9. The second kappa shape index (κ2) is 5.50. The van der Waals surface area contributed by atoms with Crippen molar-refractivity contribution in [2.24, 2.45) is 11.8 Å². The Hall–Kier alpha value is -0.0800. The summed E-state index contributed by atoms with van der Waals surface area (Å²) in [6.45, 7) is 6.65. The molecule has 2 rings (SSSR count). The van der Waals surface area contributed by atoms with Crippen molar-refractivity contribution < 1.29 is 5.11 Å². The molecule has 2 aliphatic rings. The van der Waals surface area contributed by atoms with Gasteiger partial charge in [-0.15, -0.1) is 0 Å². The van der Waals surface area contributed by atoms with Crippen molar-refractivity contribution >= 4 is 0 Å². The Labute approximate surface area is 100 Å². The summed E-state index contributed by atoms with van der Waals surface area (Å²) in [7, 11) is 0. The monoisotopic (exact) mass is 225 g/mol. The zero-order valence-corrected chi connectivity index (χ0v) is 10.9. The van der Waals surface area contributed by atoms with Gasteiger partial charge >= 0.3 is 0 Å². The number of hydrogen-bond acceptors (Lipinski definition) is 2. The molecule has 1 atom stereocenters. The smallest absolute Gasteiger partial charge is 0.0695 e. The van der Waals surface area contributed by atoms with Gasteiger partial charge in [0.2, 0.25) is 0 Å². The highest BCUT2D eigenvalue weighted by Crippen LogP contribution is 2.34. The molecule has 0 spiro atoms. The highest BCUT2D eigenvalue weighted by Gasteiger charge is 2.33. The lowest BCUT2D eigenvalue weighted by molar-refractivity contribution is 0.0667. The normalized spacial score (nSPS) is 24.6. The molecule has 0 bridgehead atoms. The molecule has 94 valence electrons. The predicted molar refractivity (Wildman–Crippen MR) is 67.4 cm³/mol. The first kappa shape index (κ1) is 12.4. The molecular weight excluding hydrogens is 198 g/mol. The lowest BCUT2D eigenvalue weighted by Gasteiger charge is -2.32. The van der Waals surface area contributed by atoms with Crippen LogP contribution in [0.15, 0.2) is 0 Å². The van der Waals surface area contributed by atoms with E-state index < -0.39 is 0 Å². The van der Waals surface area contributed by atoms with Crippen molar-refractivity contribution in [3.63, 3.8) is 0 Å². The van der Waals surface area contributed by atoms with Crippen LogP contribution in [0.5, 0.6) is 0 Å². The maximum Gasteiger partial charge on any atom is 0.0695 e. The van der Waals surface area contributed by atoms with Crippen molar-refractivity contribution in [1.29, 1.82) is 0 Å². The van der Waals surface area contributed by atoms with E-state index in [1.54, 1.807) is 0 Å². The van der Waals surface area contributed by atoms with Gasteiger partial charge in [0.1, 0.15) is 0 Å². The van der Waals surface area contributed by atoms with Crippen LogP contribution in [0.4, 0.5) is 0 Å². The topological polar surface area (TPSA) is 23.5 Å². The third kappa shape index (κ3) is 3.46. The fourth-order valence-corrected chi connectivity index (χ4v) is 2.98. The lowest BCUT2D eigenvalue weighted by Crippen LogP contribution is -2.42. The summed E-state index contributed by atoms with van der Waals surface area (Å²) in [5.74, 6) is 1.34. The third-order valence-electron chi connectivity index (χ3n) is 4.03. The molecule has 0 amide bonds. The van der Waals surface area contributed by atoms with E-state index in [9.17, 15) is 5.11 Å². The second-order valence-corrected chi connectivity index (χ2v) is 6.19. The van der Waals surface area contributed by atoms with E-state index in [0.29, 0.717) is 11.8 Å². The highest BCUT2D eigenvalue weighted by molar-refractivity contribution is 4.86.